The van der Waals surface area contributed by atoms with Gasteiger partial charge in [0.05, 0.1) is 10.7 Å². The van der Waals surface area contributed by atoms with Gasteiger partial charge in [0.15, 0.2) is 0 Å². The quantitative estimate of drug-likeness (QED) is 0.758. The van der Waals surface area contributed by atoms with Gasteiger partial charge in [-0.25, -0.2) is 13.1 Å². The average Bonchev–Trinajstić information content (AvgIpc) is 2.61. The van der Waals surface area contributed by atoms with Gasteiger partial charge in [0.25, 0.3) is 0 Å². The van der Waals surface area contributed by atoms with Gasteiger partial charge in [0, 0.05) is 30.7 Å². The summed E-state index contributed by atoms with van der Waals surface area (Å²) in [5.74, 6) is 0. The molecule has 0 spiro atoms. The highest BCUT2D eigenvalue weighted by Gasteiger charge is 2.18. The SMILES string of the molecule is O=S(=O)(NCc1cccnc1-c1ccncc1)c1ccccc1Cl. The van der Waals surface area contributed by atoms with E-state index in [-0.39, 0.29) is 16.5 Å². The van der Waals surface area contributed by atoms with Crippen LogP contribution in [0.4, 0.5) is 0 Å². The third-order valence-electron chi connectivity index (χ3n) is 3.42. The fraction of sp³-hybridized carbons (Fsp3) is 0.0588. The van der Waals surface area contributed by atoms with Crippen molar-refractivity contribution in [3.63, 3.8) is 0 Å². The van der Waals surface area contributed by atoms with Crippen molar-refractivity contribution >= 4 is 21.6 Å². The summed E-state index contributed by atoms with van der Waals surface area (Å²) in [4.78, 5) is 8.39. The van der Waals surface area contributed by atoms with Gasteiger partial charge < -0.3 is 0 Å². The molecule has 2 aromatic heterocycles. The predicted octanol–water partition coefficient (Wildman–Crippen LogP) is 3.28. The molecule has 0 radical (unpaired) electrons. The summed E-state index contributed by atoms with van der Waals surface area (Å²) in [6.45, 7) is 0.110. The molecule has 1 N–H and O–H groups in total. The monoisotopic (exact) mass is 359 g/mol. The molecule has 0 aliphatic heterocycles. The van der Waals surface area contributed by atoms with E-state index >= 15 is 0 Å². The fourth-order valence-electron chi connectivity index (χ4n) is 2.26. The molecular formula is C17H14ClN3O2S. The van der Waals surface area contributed by atoms with Crippen molar-refractivity contribution in [2.75, 3.05) is 0 Å². The van der Waals surface area contributed by atoms with Crippen LogP contribution in [0.5, 0.6) is 0 Å². The van der Waals surface area contributed by atoms with Crippen LogP contribution in [-0.2, 0) is 16.6 Å². The van der Waals surface area contributed by atoms with Crippen molar-refractivity contribution in [3.05, 3.63) is 77.7 Å². The highest BCUT2D eigenvalue weighted by molar-refractivity contribution is 7.89. The molecule has 0 aliphatic carbocycles. The molecule has 0 saturated heterocycles. The number of nitrogens with one attached hydrogen (secondary N) is 1. The standard InChI is InChI=1S/C17H14ClN3O2S/c18-15-5-1-2-6-16(15)24(22,23)21-12-14-4-3-9-20-17(14)13-7-10-19-11-8-13/h1-11,21H,12H2. The predicted molar refractivity (Wildman–Crippen MR) is 92.9 cm³/mol. The van der Waals surface area contributed by atoms with Gasteiger partial charge >= 0.3 is 0 Å². The van der Waals surface area contributed by atoms with E-state index in [1.807, 2.05) is 18.2 Å². The summed E-state index contributed by atoms with van der Waals surface area (Å²) in [6, 6.07) is 13.6. The molecule has 7 heteroatoms. The van der Waals surface area contributed by atoms with Gasteiger partial charge in [-0.3, -0.25) is 9.97 Å². The van der Waals surface area contributed by atoms with Crippen molar-refractivity contribution in [3.8, 4) is 11.3 Å². The largest absolute Gasteiger partial charge is 0.265 e. The number of rotatable bonds is 5. The highest BCUT2D eigenvalue weighted by atomic mass is 35.5. The Morgan fingerprint density at radius 3 is 2.46 bits per heavy atom. The van der Waals surface area contributed by atoms with E-state index in [4.69, 9.17) is 11.6 Å². The van der Waals surface area contributed by atoms with Crippen molar-refractivity contribution in [1.29, 1.82) is 0 Å². The number of sulfonamides is 1. The van der Waals surface area contributed by atoms with Crippen LogP contribution in [0.25, 0.3) is 11.3 Å². The number of halogens is 1. The summed E-state index contributed by atoms with van der Waals surface area (Å²) >= 11 is 5.98. The maximum atomic E-state index is 12.4. The number of hydrogen-bond donors (Lipinski definition) is 1. The normalized spacial score (nSPS) is 11.4. The Kier molecular flexibility index (Phi) is 4.89. The summed E-state index contributed by atoms with van der Waals surface area (Å²) in [7, 11) is -3.71. The second-order valence-electron chi connectivity index (χ2n) is 5.00. The lowest BCUT2D eigenvalue weighted by Crippen LogP contribution is -2.24. The first-order chi connectivity index (χ1) is 11.6. The van der Waals surface area contributed by atoms with Crippen LogP contribution in [0, 0.1) is 0 Å². The Hall–Kier alpha value is -2.28. The lowest BCUT2D eigenvalue weighted by Gasteiger charge is -2.11. The molecule has 0 bridgehead atoms. The summed E-state index contributed by atoms with van der Waals surface area (Å²) in [6.07, 6.45) is 5.01. The van der Waals surface area contributed by atoms with E-state index in [2.05, 4.69) is 14.7 Å². The third kappa shape index (κ3) is 3.62. The molecule has 0 amide bonds. The minimum absolute atomic E-state index is 0.0565. The van der Waals surface area contributed by atoms with Crippen LogP contribution < -0.4 is 4.72 Å². The highest BCUT2D eigenvalue weighted by Crippen LogP contribution is 2.23. The van der Waals surface area contributed by atoms with Crippen LogP contribution in [0.1, 0.15) is 5.56 Å². The average molecular weight is 360 g/mol. The first kappa shape index (κ1) is 16.6. The van der Waals surface area contributed by atoms with E-state index in [0.717, 1.165) is 11.1 Å². The minimum Gasteiger partial charge on any atom is -0.265 e. The van der Waals surface area contributed by atoms with E-state index in [9.17, 15) is 8.42 Å². The molecule has 5 nitrogen and oxygen atoms in total. The lowest BCUT2D eigenvalue weighted by molar-refractivity contribution is 0.581. The second-order valence-corrected chi connectivity index (χ2v) is 7.14. The van der Waals surface area contributed by atoms with E-state index < -0.39 is 10.0 Å². The second kappa shape index (κ2) is 7.09. The Labute approximate surface area is 145 Å². The summed E-state index contributed by atoms with van der Waals surface area (Å²) in [5.41, 5.74) is 2.35. The van der Waals surface area contributed by atoms with Crippen LogP contribution >= 0.6 is 11.6 Å². The number of pyridine rings is 2. The Bertz CT molecular complexity index is 947. The topological polar surface area (TPSA) is 72.0 Å². The summed E-state index contributed by atoms with van der Waals surface area (Å²) < 4.78 is 27.5. The van der Waals surface area contributed by atoms with Gasteiger partial charge in [0.2, 0.25) is 10.0 Å². The third-order valence-corrected chi connectivity index (χ3v) is 5.32. The smallest absolute Gasteiger partial charge is 0.242 e. The fourth-order valence-corrected chi connectivity index (χ4v) is 3.79. The zero-order valence-corrected chi connectivity index (χ0v) is 14.1. The van der Waals surface area contributed by atoms with Gasteiger partial charge in [-0.15, -0.1) is 0 Å². The van der Waals surface area contributed by atoms with Gasteiger partial charge in [-0.05, 0) is 35.9 Å². The van der Waals surface area contributed by atoms with E-state index in [1.165, 1.54) is 6.07 Å². The Balaban J connectivity index is 1.87. The maximum Gasteiger partial charge on any atom is 0.242 e. The van der Waals surface area contributed by atoms with Gasteiger partial charge in [-0.1, -0.05) is 29.8 Å². The Morgan fingerprint density at radius 2 is 1.71 bits per heavy atom. The molecule has 2 heterocycles. The molecule has 24 heavy (non-hydrogen) atoms. The number of benzene rings is 1. The van der Waals surface area contributed by atoms with E-state index in [0.29, 0.717) is 5.69 Å². The number of aromatic nitrogens is 2. The van der Waals surface area contributed by atoms with Crippen LogP contribution in [-0.4, -0.2) is 18.4 Å². The zero-order chi connectivity index (χ0) is 17.0. The van der Waals surface area contributed by atoms with Crippen LogP contribution in [0.3, 0.4) is 0 Å². The molecular weight excluding hydrogens is 346 g/mol. The molecule has 0 atom stereocenters. The van der Waals surface area contributed by atoms with Gasteiger partial charge in [0.1, 0.15) is 4.90 Å². The van der Waals surface area contributed by atoms with Crippen molar-refractivity contribution < 1.29 is 8.42 Å². The molecule has 0 unspecified atom stereocenters. The van der Waals surface area contributed by atoms with Crippen molar-refractivity contribution in [2.45, 2.75) is 11.4 Å². The molecule has 122 valence electrons. The maximum absolute atomic E-state index is 12.4. The molecule has 0 fully saturated rings. The van der Waals surface area contributed by atoms with Crippen LogP contribution in [0.15, 0.2) is 72.0 Å². The minimum atomic E-state index is -3.71. The molecule has 0 aliphatic rings. The molecule has 0 saturated carbocycles. The van der Waals surface area contributed by atoms with E-state index in [1.54, 1.807) is 42.9 Å². The summed E-state index contributed by atoms with van der Waals surface area (Å²) in [5, 5.41) is 0.186. The van der Waals surface area contributed by atoms with Gasteiger partial charge in [-0.2, -0.15) is 0 Å². The van der Waals surface area contributed by atoms with Crippen LogP contribution in [0.2, 0.25) is 5.02 Å². The number of nitrogens with zero attached hydrogens (tertiary/aromatic N) is 2. The Morgan fingerprint density at radius 1 is 0.958 bits per heavy atom. The number of hydrogen-bond acceptors (Lipinski definition) is 4. The van der Waals surface area contributed by atoms with Crippen molar-refractivity contribution in [1.82, 2.24) is 14.7 Å². The first-order valence-corrected chi connectivity index (χ1v) is 9.02. The zero-order valence-electron chi connectivity index (χ0n) is 12.6. The molecule has 1 aromatic carbocycles. The molecule has 3 aromatic rings. The molecule has 3 rings (SSSR count). The first-order valence-electron chi connectivity index (χ1n) is 7.16. The van der Waals surface area contributed by atoms with Crippen molar-refractivity contribution in [2.24, 2.45) is 0 Å². The lowest BCUT2D eigenvalue weighted by atomic mass is 10.1.